The van der Waals surface area contributed by atoms with Gasteiger partial charge in [-0.2, -0.15) is 0 Å². The Hall–Kier alpha value is -3.23. The van der Waals surface area contributed by atoms with Gasteiger partial charge in [0.25, 0.3) is 5.91 Å². The molecule has 0 fully saturated rings. The Kier molecular flexibility index (Phi) is 7.97. The number of rotatable bonds is 8. The summed E-state index contributed by atoms with van der Waals surface area (Å²) >= 11 is 0. The lowest BCUT2D eigenvalue weighted by Gasteiger charge is -2.22. The van der Waals surface area contributed by atoms with E-state index in [0.29, 0.717) is 28.4 Å². The maximum atomic E-state index is 13.3. The average Bonchev–Trinajstić information content (AvgIpc) is 2.77. The van der Waals surface area contributed by atoms with Gasteiger partial charge in [-0.25, -0.2) is 13.1 Å². The molecule has 0 saturated carbocycles. The molecule has 0 aliphatic rings. The third-order valence-corrected chi connectivity index (χ3v) is 7.05. The highest BCUT2D eigenvalue weighted by atomic mass is 32.2. The normalized spacial score (nSPS) is 13.0. The molecule has 3 N–H and O–H groups in total. The largest absolute Gasteiger partial charge is 0.340 e. The summed E-state index contributed by atoms with van der Waals surface area (Å²) in [5, 5.41) is 6.83. The predicted octanol–water partition coefficient (Wildman–Crippen LogP) is 4.70. The molecule has 35 heavy (non-hydrogen) atoms. The highest BCUT2D eigenvalue weighted by molar-refractivity contribution is 7.89. The second-order valence-corrected chi connectivity index (χ2v) is 11.7. The zero-order chi connectivity index (χ0) is 25.8. The molecule has 3 aromatic rings. The molecule has 1 atom stereocenters. The van der Waals surface area contributed by atoms with Crippen molar-refractivity contribution in [3.63, 3.8) is 0 Å². The SMILES string of the molecule is CC(C)CC(NC(=O)c1ccccc1)C(=O)Nc1cccc2c(S(=O)(=O)NC(C)(C)C)cccc12. The van der Waals surface area contributed by atoms with E-state index in [9.17, 15) is 18.0 Å². The van der Waals surface area contributed by atoms with Crippen LogP contribution in [0.1, 0.15) is 51.4 Å². The number of carbonyl (C=O) groups excluding carboxylic acids is 2. The fraction of sp³-hybridized carbons (Fsp3) is 0.333. The molecule has 0 heterocycles. The zero-order valence-electron chi connectivity index (χ0n) is 20.8. The topological polar surface area (TPSA) is 104 Å². The van der Waals surface area contributed by atoms with Crippen LogP contribution in [-0.4, -0.2) is 31.8 Å². The first-order chi connectivity index (χ1) is 16.4. The van der Waals surface area contributed by atoms with Crippen LogP contribution < -0.4 is 15.4 Å². The molecule has 1 unspecified atom stereocenters. The van der Waals surface area contributed by atoms with Crippen molar-refractivity contribution in [2.24, 2.45) is 5.92 Å². The van der Waals surface area contributed by atoms with Gasteiger partial charge in [0, 0.05) is 27.6 Å². The molecule has 7 nitrogen and oxygen atoms in total. The predicted molar refractivity (Wildman–Crippen MR) is 140 cm³/mol. The van der Waals surface area contributed by atoms with Crippen molar-refractivity contribution < 1.29 is 18.0 Å². The van der Waals surface area contributed by atoms with Crippen molar-refractivity contribution in [1.82, 2.24) is 10.0 Å². The lowest BCUT2D eigenvalue weighted by atomic mass is 10.0. The fourth-order valence-corrected chi connectivity index (χ4v) is 5.48. The van der Waals surface area contributed by atoms with Crippen LogP contribution in [0.2, 0.25) is 0 Å². The molecule has 3 aromatic carbocycles. The van der Waals surface area contributed by atoms with Crippen molar-refractivity contribution in [3.05, 3.63) is 72.3 Å². The average molecular weight is 496 g/mol. The molecule has 186 valence electrons. The second kappa shape index (κ2) is 10.6. The lowest BCUT2D eigenvalue weighted by Crippen LogP contribution is -2.44. The highest BCUT2D eigenvalue weighted by Crippen LogP contribution is 2.29. The molecular weight excluding hydrogens is 462 g/mol. The number of benzene rings is 3. The van der Waals surface area contributed by atoms with Crippen LogP contribution in [0.15, 0.2) is 71.6 Å². The van der Waals surface area contributed by atoms with E-state index in [0.717, 1.165) is 0 Å². The number of fused-ring (bicyclic) bond motifs is 1. The summed E-state index contributed by atoms with van der Waals surface area (Å²) in [4.78, 5) is 26.1. The van der Waals surface area contributed by atoms with Gasteiger partial charge in [-0.05, 0) is 57.4 Å². The molecule has 3 rings (SSSR count). The summed E-state index contributed by atoms with van der Waals surface area (Å²) in [5.74, 6) is -0.530. The van der Waals surface area contributed by atoms with Crippen LogP contribution in [0.5, 0.6) is 0 Å². The summed E-state index contributed by atoms with van der Waals surface area (Å²) in [6.07, 6.45) is 0.449. The van der Waals surface area contributed by atoms with Crippen molar-refractivity contribution in [3.8, 4) is 0 Å². The highest BCUT2D eigenvalue weighted by Gasteiger charge is 2.26. The Morgan fingerprint density at radius 3 is 2.11 bits per heavy atom. The smallest absolute Gasteiger partial charge is 0.251 e. The van der Waals surface area contributed by atoms with Crippen LogP contribution in [-0.2, 0) is 14.8 Å². The minimum absolute atomic E-state index is 0.136. The van der Waals surface area contributed by atoms with Crippen molar-refractivity contribution in [2.75, 3.05) is 5.32 Å². The summed E-state index contributed by atoms with van der Waals surface area (Å²) < 4.78 is 28.7. The zero-order valence-corrected chi connectivity index (χ0v) is 21.6. The Balaban J connectivity index is 1.92. The Morgan fingerprint density at radius 2 is 1.49 bits per heavy atom. The van der Waals surface area contributed by atoms with Crippen LogP contribution in [0.25, 0.3) is 10.8 Å². The van der Waals surface area contributed by atoms with Gasteiger partial charge in [-0.1, -0.05) is 56.3 Å². The molecule has 8 heteroatoms. The molecule has 0 saturated heterocycles. The van der Waals surface area contributed by atoms with E-state index in [1.807, 2.05) is 19.9 Å². The number of hydrogen-bond donors (Lipinski definition) is 3. The van der Waals surface area contributed by atoms with E-state index in [1.54, 1.807) is 81.4 Å². The Bertz CT molecular complexity index is 1310. The van der Waals surface area contributed by atoms with Crippen molar-refractivity contribution in [2.45, 2.75) is 57.5 Å². The number of amides is 2. The molecule has 0 aliphatic carbocycles. The van der Waals surface area contributed by atoms with Gasteiger partial charge in [0.15, 0.2) is 0 Å². The maximum absolute atomic E-state index is 13.3. The Labute approximate surface area is 207 Å². The molecule has 0 aromatic heterocycles. The van der Waals surface area contributed by atoms with E-state index in [-0.39, 0.29) is 22.6 Å². The standard InChI is InChI=1S/C27H33N3O4S/c1-18(2)17-23(29-25(31)19-11-7-6-8-12-19)26(32)28-22-15-9-14-21-20(22)13-10-16-24(21)35(33,34)30-27(3,4)5/h6-16,18,23,30H,17H2,1-5H3,(H,28,32)(H,29,31). The first-order valence-electron chi connectivity index (χ1n) is 11.6. The maximum Gasteiger partial charge on any atom is 0.251 e. The third kappa shape index (κ3) is 6.90. The molecule has 0 radical (unpaired) electrons. The van der Waals surface area contributed by atoms with E-state index >= 15 is 0 Å². The van der Waals surface area contributed by atoms with E-state index in [4.69, 9.17) is 0 Å². The number of sulfonamides is 1. The number of hydrogen-bond acceptors (Lipinski definition) is 4. The number of nitrogens with one attached hydrogen (secondary N) is 3. The van der Waals surface area contributed by atoms with E-state index < -0.39 is 21.6 Å². The molecule has 2 amide bonds. The summed E-state index contributed by atoms with van der Waals surface area (Å²) in [7, 11) is -3.79. The molecular formula is C27H33N3O4S. The molecule has 0 bridgehead atoms. The Morgan fingerprint density at radius 1 is 0.857 bits per heavy atom. The van der Waals surface area contributed by atoms with Crippen molar-refractivity contribution >= 4 is 38.3 Å². The number of anilines is 1. The van der Waals surface area contributed by atoms with E-state index in [1.165, 1.54) is 0 Å². The second-order valence-electron chi connectivity index (χ2n) is 10.0. The van der Waals surface area contributed by atoms with Gasteiger partial charge in [0.2, 0.25) is 15.9 Å². The number of carbonyl (C=O) groups is 2. The molecule has 0 aliphatic heterocycles. The first-order valence-corrected chi connectivity index (χ1v) is 13.1. The fourth-order valence-electron chi connectivity index (χ4n) is 3.84. The van der Waals surface area contributed by atoms with Gasteiger partial charge < -0.3 is 10.6 Å². The monoisotopic (exact) mass is 495 g/mol. The third-order valence-electron chi connectivity index (χ3n) is 5.23. The van der Waals surface area contributed by atoms with Crippen LogP contribution in [0, 0.1) is 5.92 Å². The van der Waals surface area contributed by atoms with Gasteiger partial charge in [0.05, 0.1) is 4.90 Å². The van der Waals surface area contributed by atoms with Crippen LogP contribution >= 0.6 is 0 Å². The minimum atomic E-state index is -3.79. The van der Waals surface area contributed by atoms with Gasteiger partial charge >= 0.3 is 0 Å². The van der Waals surface area contributed by atoms with Crippen LogP contribution in [0.3, 0.4) is 0 Å². The van der Waals surface area contributed by atoms with Crippen molar-refractivity contribution in [1.29, 1.82) is 0 Å². The summed E-state index contributed by atoms with van der Waals surface area (Å²) in [5.41, 5.74) is 0.303. The van der Waals surface area contributed by atoms with Gasteiger partial charge in [0.1, 0.15) is 6.04 Å². The summed E-state index contributed by atoms with van der Waals surface area (Å²) in [6, 6.07) is 18.1. The van der Waals surface area contributed by atoms with E-state index in [2.05, 4.69) is 15.4 Å². The van der Waals surface area contributed by atoms with Crippen LogP contribution in [0.4, 0.5) is 5.69 Å². The molecule has 0 spiro atoms. The van der Waals surface area contributed by atoms with Gasteiger partial charge in [-0.15, -0.1) is 0 Å². The van der Waals surface area contributed by atoms with Gasteiger partial charge in [-0.3, -0.25) is 9.59 Å². The first kappa shape index (κ1) is 26.4. The lowest BCUT2D eigenvalue weighted by molar-refractivity contribution is -0.118. The quantitative estimate of drug-likeness (QED) is 0.421. The summed E-state index contributed by atoms with van der Waals surface area (Å²) in [6.45, 7) is 9.29. The minimum Gasteiger partial charge on any atom is -0.340 e.